The molecule has 0 fully saturated rings. The van der Waals surface area contributed by atoms with Gasteiger partial charge in [-0.2, -0.15) is 0 Å². The van der Waals surface area contributed by atoms with Crippen molar-refractivity contribution in [2.24, 2.45) is 0 Å². The maximum Gasteiger partial charge on any atom is 0.165 e. The summed E-state index contributed by atoms with van der Waals surface area (Å²) in [5.41, 5.74) is 4.92. The van der Waals surface area contributed by atoms with Crippen molar-refractivity contribution in [3.63, 3.8) is 0 Å². The van der Waals surface area contributed by atoms with E-state index in [4.69, 9.17) is 21.1 Å². The minimum Gasteiger partial charge on any atom is -0.493 e. The van der Waals surface area contributed by atoms with Crippen molar-refractivity contribution in [2.75, 3.05) is 27.3 Å². The fourth-order valence-electron chi connectivity index (χ4n) is 3.64. The van der Waals surface area contributed by atoms with Crippen LogP contribution in [0, 0.1) is 0 Å². The van der Waals surface area contributed by atoms with Gasteiger partial charge in [-0.3, -0.25) is 0 Å². The number of fused-ring (bicyclic) bond motifs is 1. The van der Waals surface area contributed by atoms with Crippen molar-refractivity contribution >= 4 is 11.6 Å². The smallest absolute Gasteiger partial charge is 0.165 e. The van der Waals surface area contributed by atoms with Gasteiger partial charge in [-0.25, -0.2) is 0 Å². The molecular formula is C20H24ClNO2. The summed E-state index contributed by atoms with van der Waals surface area (Å²) >= 11 is 6.54. The summed E-state index contributed by atoms with van der Waals surface area (Å²) in [5.74, 6) is 1.78. The molecule has 2 unspecified atom stereocenters. The van der Waals surface area contributed by atoms with E-state index in [1.165, 1.54) is 16.7 Å². The average molecular weight is 346 g/mol. The van der Waals surface area contributed by atoms with Crippen molar-refractivity contribution in [1.82, 2.24) is 5.32 Å². The highest BCUT2D eigenvalue weighted by Crippen LogP contribution is 2.45. The molecule has 0 amide bonds. The number of hydrogen-bond acceptors (Lipinski definition) is 3. The molecule has 1 aliphatic heterocycles. The largest absolute Gasteiger partial charge is 0.493 e. The molecule has 0 aliphatic carbocycles. The summed E-state index contributed by atoms with van der Waals surface area (Å²) in [4.78, 5) is 0. The van der Waals surface area contributed by atoms with Gasteiger partial charge in [-0.1, -0.05) is 30.3 Å². The lowest BCUT2D eigenvalue weighted by atomic mass is 9.85. The fourth-order valence-corrected chi connectivity index (χ4v) is 3.88. The predicted octanol–water partition coefficient (Wildman–Crippen LogP) is 4.28. The van der Waals surface area contributed by atoms with Crippen LogP contribution in [0.3, 0.4) is 0 Å². The molecule has 1 N–H and O–H groups in total. The van der Waals surface area contributed by atoms with E-state index in [-0.39, 0.29) is 11.3 Å². The van der Waals surface area contributed by atoms with Gasteiger partial charge in [-0.15, -0.1) is 11.6 Å². The second-order valence-corrected chi connectivity index (χ2v) is 6.78. The van der Waals surface area contributed by atoms with Crippen LogP contribution in [-0.2, 0) is 6.42 Å². The molecule has 2 aromatic rings. The third-order valence-corrected chi connectivity index (χ3v) is 4.95. The van der Waals surface area contributed by atoms with Crippen LogP contribution in [0.5, 0.6) is 11.5 Å². The minimum atomic E-state index is -0.140. The first kappa shape index (κ1) is 17.1. The Morgan fingerprint density at radius 3 is 2.54 bits per heavy atom. The van der Waals surface area contributed by atoms with Crippen LogP contribution in [0.4, 0.5) is 0 Å². The zero-order chi connectivity index (χ0) is 17.1. The average Bonchev–Trinajstić information content (AvgIpc) is 2.82. The van der Waals surface area contributed by atoms with Crippen LogP contribution >= 0.6 is 11.6 Å². The Morgan fingerprint density at radius 2 is 1.92 bits per heavy atom. The van der Waals surface area contributed by atoms with Gasteiger partial charge in [0.25, 0.3) is 0 Å². The molecule has 1 heterocycles. The summed E-state index contributed by atoms with van der Waals surface area (Å²) in [6.07, 6.45) is 0.936. The van der Waals surface area contributed by atoms with Crippen molar-refractivity contribution in [3.05, 3.63) is 58.7 Å². The SMILES string of the molecule is COc1cc2c(c(C(C)Cl)c1OC)CCNCC2c1ccccc1. The maximum atomic E-state index is 6.54. The van der Waals surface area contributed by atoms with E-state index in [0.717, 1.165) is 36.6 Å². The maximum absolute atomic E-state index is 6.54. The first-order valence-corrected chi connectivity index (χ1v) is 8.78. The Bertz CT molecular complexity index is 701. The number of nitrogens with one attached hydrogen (secondary N) is 1. The molecule has 0 saturated carbocycles. The molecule has 0 spiro atoms. The standard InChI is InChI=1S/C20H24ClNO2/c1-13(21)19-15-9-10-22-12-17(14-7-5-4-6-8-14)16(15)11-18(23-2)20(19)24-3/h4-8,11,13,17,22H,9-10,12H2,1-3H3. The topological polar surface area (TPSA) is 30.5 Å². The molecule has 3 nitrogen and oxygen atoms in total. The minimum absolute atomic E-state index is 0.140. The molecular weight excluding hydrogens is 322 g/mol. The second kappa shape index (κ2) is 7.45. The fraction of sp³-hybridized carbons (Fsp3) is 0.400. The van der Waals surface area contributed by atoms with Gasteiger partial charge in [0.2, 0.25) is 0 Å². The highest BCUT2D eigenvalue weighted by molar-refractivity contribution is 6.21. The lowest BCUT2D eigenvalue weighted by Crippen LogP contribution is -2.20. The summed E-state index contributed by atoms with van der Waals surface area (Å²) in [7, 11) is 3.36. The van der Waals surface area contributed by atoms with Crippen molar-refractivity contribution in [3.8, 4) is 11.5 Å². The molecule has 0 saturated heterocycles. The zero-order valence-electron chi connectivity index (χ0n) is 14.4. The number of alkyl halides is 1. The third-order valence-electron chi connectivity index (χ3n) is 4.73. The number of benzene rings is 2. The van der Waals surface area contributed by atoms with E-state index in [1.54, 1.807) is 14.2 Å². The monoisotopic (exact) mass is 345 g/mol. The first-order chi connectivity index (χ1) is 11.7. The second-order valence-electron chi connectivity index (χ2n) is 6.13. The van der Waals surface area contributed by atoms with Crippen LogP contribution in [0.25, 0.3) is 0 Å². The van der Waals surface area contributed by atoms with Crippen LogP contribution in [0.2, 0.25) is 0 Å². The van der Waals surface area contributed by atoms with E-state index in [2.05, 4.69) is 41.7 Å². The Balaban J connectivity index is 2.24. The van der Waals surface area contributed by atoms with E-state index >= 15 is 0 Å². The van der Waals surface area contributed by atoms with Crippen molar-refractivity contribution < 1.29 is 9.47 Å². The highest BCUT2D eigenvalue weighted by Gasteiger charge is 2.28. The molecule has 2 atom stereocenters. The molecule has 0 bridgehead atoms. The quantitative estimate of drug-likeness (QED) is 0.839. The number of ether oxygens (including phenoxy) is 2. The molecule has 0 aromatic heterocycles. The highest BCUT2D eigenvalue weighted by atomic mass is 35.5. The molecule has 2 aromatic carbocycles. The molecule has 4 heteroatoms. The molecule has 1 aliphatic rings. The summed E-state index contributed by atoms with van der Waals surface area (Å²) in [6, 6.07) is 12.7. The van der Waals surface area contributed by atoms with Gasteiger partial charge in [0.1, 0.15) is 0 Å². The van der Waals surface area contributed by atoms with Gasteiger partial charge in [0.15, 0.2) is 11.5 Å². The van der Waals surface area contributed by atoms with Crippen LogP contribution < -0.4 is 14.8 Å². The molecule has 24 heavy (non-hydrogen) atoms. The van der Waals surface area contributed by atoms with Crippen LogP contribution in [0.15, 0.2) is 36.4 Å². The molecule has 0 radical (unpaired) electrons. The molecule has 128 valence electrons. The van der Waals surface area contributed by atoms with Crippen LogP contribution in [-0.4, -0.2) is 27.3 Å². The first-order valence-electron chi connectivity index (χ1n) is 8.34. The Hall–Kier alpha value is -1.71. The van der Waals surface area contributed by atoms with Crippen molar-refractivity contribution in [2.45, 2.75) is 24.6 Å². The van der Waals surface area contributed by atoms with Gasteiger partial charge in [-0.05, 0) is 42.6 Å². The summed E-state index contributed by atoms with van der Waals surface area (Å²) in [5, 5.41) is 3.42. The summed E-state index contributed by atoms with van der Waals surface area (Å²) in [6.45, 7) is 3.83. The lowest BCUT2D eigenvalue weighted by molar-refractivity contribution is 0.350. The van der Waals surface area contributed by atoms with E-state index in [9.17, 15) is 0 Å². The van der Waals surface area contributed by atoms with Gasteiger partial charge >= 0.3 is 0 Å². The lowest BCUT2D eigenvalue weighted by Gasteiger charge is -2.24. The zero-order valence-corrected chi connectivity index (χ0v) is 15.2. The Morgan fingerprint density at radius 1 is 1.17 bits per heavy atom. The van der Waals surface area contributed by atoms with Gasteiger partial charge in [0.05, 0.1) is 19.6 Å². The van der Waals surface area contributed by atoms with Crippen molar-refractivity contribution in [1.29, 1.82) is 0 Å². The van der Waals surface area contributed by atoms with Crippen LogP contribution in [0.1, 0.15) is 40.5 Å². The Labute approximate surface area is 148 Å². The van der Waals surface area contributed by atoms with Gasteiger partial charge < -0.3 is 14.8 Å². The predicted molar refractivity (Wildman–Crippen MR) is 98.7 cm³/mol. The number of rotatable bonds is 4. The number of methoxy groups -OCH3 is 2. The third kappa shape index (κ3) is 3.11. The van der Waals surface area contributed by atoms with E-state index in [0.29, 0.717) is 0 Å². The Kier molecular flexibility index (Phi) is 5.32. The number of hydrogen-bond donors (Lipinski definition) is 1. The summed E-state index contributed by atoms with van der Waals surface area (Å²) < 4.78 is 11.3. The van der Waals surface area contributed by atoms with E-state index in [1.807, 2.05) is 6.92 Å². The molecule has 3 rings (SSSR count). The number of halogens is 1. The van der Waals surface area contributed by atoms with E-state index < -0.39 is 0 Å². The normalized spacial score (nSPS) is 18.4. The van der Waals surface area contributed by atoms with Gasteiger partial charge in [0, 0.05) is 18.0 Å².